The molecule has 1 aromatic rings. The maximum absolute atomic E-state index is 11.6. The molecule has 110 valence electrons. The summed E-state index contributed by atoms with van der Waals surface area (Å²) in [4.78, 5) is 13.8. The van der Waals surface area contributed by atoms with Gasteiger partial charge in [-0.15, -0.1) is 0 Å². The van der Waals surface area contributed by atoms with Gasteiger partial charge in [-0.3, -0.25) is 9.69 Å². The molecule has 2 N–H and O–H groups in total. The van der Waals surface area contributed by atoms with Crippen LogP contribution in [0.15, 0.2) is 30.3 Å². The van der Waals surface area contributed by atoms with Crippen molar-refractivity contribution in [3.63, 3.8) is 0 Å². The number of likely N-dealkylation sites (tertiary alicyclic amines) is 1. The molecule has 4 heteroatoms. The molecule has 0 saturated carbocycles. The number of β-amino-alcohol motifs (C(OH)–C–C–N with tert-alkyl or cyclic N) is 1. The number of nitrogens with zero attached hydrogens (tertiary/aromatic N) is 1. The molecule has 1 heterocycles. The molecule has 0 radical (unpaired) electrons. The highest BCUT2D eigenvalue weighted by molar-refractivity contribution is 5.75. The summed E-state index contributed by atoms with van der Waals surface area (Å²) in [6, 6.07) is 10.5. The molecule has 1 aliphatic rings. The lowest BCUT2D eigenvalue weighted by Gasteiger charge is -2.24. The van der Waals surface area contributed by atoms with Gasteiger partial charge in [-0.25, -0.2) is 0 Å². The number of rotatable bonds is 6. The van der Waals surface area contributed by atoms with E-state index in [2.05, 4.69) is 22.3 Å². The molecule has 20 heavy (non-hydrogen) atoms. The third-order valence-corrected chi connectivity index (χ3v) is 3.75. The van der Waals surface area contributed by atoms with Crippen molar-refractivity contribution in [2.45, 2.75) is 44.9 Å². The van der Waals surface area contributed by atoms with Crippen LogP contribution in [-0.2, 0) is 11.3 Å². The van der Waals surface area contributed by atoms with Crippen LogP contribution in [-0.4, -0.2) is 41.1 Å². The van der Waals surface area contributed by atoms with Gasteiger partial charge in [-0.1, -0.05) is 37.3 Å². The zero-order valence-electron chi connectivity index (χ0n) is 12.1. The van der Waals surface area contributed by atoms with E-state index in [4.69, 9.17) is 0 Å². The minimum atomic E-state index is -0.285. The van der Waals surface area contributed by atoms with Crippen LogP contribution >= 0.6 is 0 Å². The predicted octanol–water partition coefficient (Wildman–Crippen LogP) is 1.54. The molecule has 2 rings (SSSR count). The average Bonchev–Trinajstić information content (AvgIpc) is 2.78. The van der Waals surface area contributed by atoms with Gasteiger partial charge in [0, 0.05) is 32.1 Å². The molecule has 1 fully saturated rings. The predicted molar refractivity (Wildman–Crippen MR) is 79.2 cm³/mol. The van der Waals surface area contributed by atoms with Gasteiger partial charge >= 0.3 is 0 Å². The largest absolute Gasteiger partial charge is 0.392 e. The molecule has 0 aliphatic carbocycles. The van der Waals surface area contributed by atoms with Gasteiger partial charge in [-0.05, 0) is 18.4 Å². The molecule has 1 aliphatic heterocycles. The standard InChI is InChI=1S/C16H24N2O2/c1-2-6-16(20)17-10-14-9-15(19)12-18(14)11-13-7-4-3-5-8-13/h3-5,7-8,14-15,19H,2,6,9-12H2,1H3,(H,17,20). The summed E-state index contributed by atoms with van der Waals surface area (Å²) in [6.07, 6.45) is 1.90. The fourth-order valence-electron chi connectivity index (χ4n) is 2.73. The molecule has 1 aromatic carbocycles. The van der Waals surface area contributed by atoms with E-state index < -0.39 is 0 Å². The Hall–Kier alpha value is -1.39. The van der Waals surface area contributed by atoms with Crippen LogP contribution in [0.3, 0.4) is 0 Å². The Kier molecular flexibility index (Phi) is 5.56. The van der Waals surface area contributed by atoms with E-state index in [1.807, 2.05) is 25.1 Å². The molecule has 0 aromatic heterocycles. The fraction of sp³-hybridized carbons (Fsp3) is 0.562. The number of nitrogens with one attached hydrogen (secondary N) is 1. The summed E-state index contributed by atoms with van der Waals surface area (Å²) in [7, 11) is 0. The highest BCUT2D eigenvalue weighted by Gasteiger charge is 2.30. The van der Waals surface area contributed by atoms with Gasteiger partial charge in [0.05, 0.1) is 6.10 Å². The zero-order chi connectivity index (χ0) is 14.4. The summed E-state index contributed by atoms with van der Waals surface area (Å²) in [5.74, 6) is 0.105. The van der Waals surface area contributed by atoms with Crippen LogP contribution in [0, 0.1) is 0 Å². The first kappa shape index (κ1) is 15.0. The second-order valence-corrected chi connectivity index (χ2v) is 5.51. The summed E-state index contributed by atoms with van der Waals surface area (Å²) in [6.45, 7) is 4.14. The number of hydrogen-bond acceptors (Lipinski definition) is 3. The second-order valence-electron chi connectivity index (χ2n) is 5.51. The molecule has 1 saturated heterocycles. The van der Waals surface area contributed by atoms with Gasteiger partial charge in [-0.2, -0.15) is 0 Å². The number of aliphatic hydroxyl groups is 1. The number of hydrogen-bond donors (Lipinski definition) is 2. The SMILES string of the molecule is CCCC(=O)NCC1CC(O)CN1Cc1ccccc1. The van der Waals surface area contributed by atoms with E-state index in [1.54, 1.807) is 0 Å². The Morgan fingerprint density at radius 3 is 2.85 bits per heavy atom. The zero-order valence-corrected chi connectivity index (χ0v) is 12.1. The first-order valence-corrected chi connectivity index (χ1v) is 7.41. The Morgan fingerprint density at radius 1 is 1.40 bits per heavy atom. The van der Waals surface area contributed by atoms with Crippen LogP contribution in [0.4, 0.5) is 0 Å². The summed E-state index contributed by atoms with van der Waals surface area (Å²) in [5.41, 5.74) is 1.24. The molecule has 2 atom stereocenters. The van der Waals surface area contributed by atoms with Crippen molar-refractivity contribution >= 4 is 5.91 Å². The van der Waals surface area contributed by atoms with Gasteiger partial charge in [0.25, 0.3) is 0 Å². The van der Waals surface area contributed by atoms with Crippen molar-refractivity contribution in [3.8, 4) is 0 Å². The third-order valence-electron chi connectivity index (χ3n) is 3.75. The smallest absolute Gasteiger partial charge is 0.220 e. The van der Waals surface area contributed by atoms with Gasteiger partial charge in [0.15, 0.2) is 0 Å². The van der Waals surface area contributed by atoms with Gasteiger partial charge in [0.2, 0.25) is 5.91 Å². The first-order chi connectivity index (χ1) is 9.69. The fourth-order valence-corrected chi connectivity index (χ4v) is 2.73. The Bertz CT molecular complexity index is 422. The van der Waals surface area contributed by atoms with Crippen molar-refractivity contribution in [1.29, 1.82) is 0 Å². The first-order valence-electron chi connectivity index (χ1n) is 7.41. The molecule has 1 amide bonds. The monoisotopic (exact) mass is 276 g/mol. The van der Waals surface area contributed by atoms with Crippen LogP contribution in [0.5, 0.6) is 0 Å². The highest BCUT2D eigenvalue weighted by Crippen LogP contribution is 2.20. The van der Waals surface area contributed by atoms with E-state index >= 15 is 0 Å². The molecular weight excluding hydrogens is 252 g/mol. The lowest BCUT2D eigenvalue weighted by Crippen LogP contribution is -2.39. The third kappa shape index (κ3) is 4.32. The lowest BCUT2D eigenvalue weighted by molar-refractivity contribution is -0.121. The van der Waals surface area contributed by atoms with E-state index in [9.17, 15) is 9.90 Å². The van der Waals surface area contributed by atoms with Crippen molar-refractivity contribution in [2.75, 3.05) is 13.1 Å². The molecular formula is C16H24N2O2. The quantitative estimate of drug-likeness (QED) is 0.828. The lowest BCUT2D eigenvalue weighted by atomic mass is 10.1. The van der Waals surface area contributed by atoms with Gasteiger partial charge < -0.3 is 10.4 Å². The van der Waals surface area contributed by atoms with Gasteiger partial charge in [0.1, 0.15) is 0 Å². The second kappa shape index (κ2) is 7.41. The van der Waals surface area contributed by atoms with E-state index in [1.165, 1.54) is 5.56 Å². The Balaban J connectivity index is 1.88. The normalized spacial score (nSPS) is 22.9. The summed E-state index contributed by atoms with van der Waals surface area (Å²) >= 11 is 0. The van der Waals surface area contributed by atoms with Crippen molar-refractivity contribution in [2.24, 2.45) is 0 Å². The highest BCUT2D eigenvalue weighted by atomic mass is 16.3. The van der Waals surface area contributed by atoms with E-state index in [-0.39, 0.29) is 18.1 Å². The number of carbonyl (C=O) groups excluding carboxylic acids is 1. The minimum absolute atomic E-state index is 0.105. The van der Waals surface area contributed by atoms with Crippen molar-refractivity contribution in [1.82, 2.24) is 10.2 Å². The average molecular weight is 276 g/mol. The number of amides is 1. The van der Waals surface area contributed by atoms with Crippen molar-refractivity contribution < 1.29 is 9.90 Å². The minimum Gasteiger partial charge on any atom is -0.392 e. The number of benzene rings is 1. The molecule has 2 unspecified atom stereocenters. The van der Waals surface area contributed by atoms with Crippen LogP contribution in [0.1, 0.15) is 31.7 Å². The number of carbonyl (C=O) groups is 1. The van der Waals surface area contributed by atoms with E-state index in [0.29, 0.717) is 19.5 Å². The topological polar surface area (TPSA) is 52.6 Å². The number of aliphatic hydroxyl groups excluding tert-OH is 1. The Labute approximate surface area is 120 Å². The summed E-state index contributed by atoms with van der Waals surface area (Å²) < 4.78 is 0. The maximum atomic E-state index is 11.6. The Morgan fingerprint density at radius 2 is 2.15 bits per heavy atom. The van der Waals surface area contributed by atoms with Crippen LogP contribution in [0.25, 0.3) is 0 Å². The summed E-state index contributed by atoms with van der Waals surface area (Å²) in [5, 5.41) is 12.8. The maximum Gasteiger partial charge on any atom is 0.220 e. The van der Waals surface area contributed by atoms with Crippen LogP contribution in [0.2, 0.25) is 0 Å². The molecule has 0 bridgehead atoms. The van der Waals surface area contributed by atoms with Crippen molar-refractivity contribution in [3.05, 3.63) is 35.9 Å². The molecule has 0 spiro atoms. The van der Waals surface area contributed by atoms with E-state index in [0.717, 1.165) is 19.4 Å². The molecule has 4 nitrogen and oxygen atoms in total. The van der Waals surface area contributed by atoms with Crippen LogP contribution < -0.4 is 5.32 Å².